The molecular formula is C11H20N4O. The lowest BCUT2D eigenvalue weighted by Gasteiger charge is -2.14. The highest BCUT2D eigenvalue weighted by Gasteiger charge is 2.23. The Bertz CT molecular complexity index is 350. The van der Waals surface area contributed by atoms with Crippen molar-refractivity contribution in [1.82, 2.24) is 19.7 Å². The fourth-order valence-corrected chi connectivity index (χ4v) is 2.26. The van der Waals surface area contributed by atoms with E-state index in [4.69, 9.17) is 5.11 Å². The van der Waals surface area contributed by atoms with Gasteiger partial charge in [0.2, 0.25) is 0 Å². The number of hydrogen-bond donors (Lipinski definition) is 1. The van der Waals surface area contributed by atoms with Crippen molar-refractivity contribution in [2.75, 3.05) is 19.7 Å². The van der Waals surface area contributed by atoms with Gasteiger partial charge in [-0.15, -0.1) is 10.2 Å². The average Bonchev–Trinajstić information content (AvgIpc) is 2.82. The molecule has 0 radical (unpaired) electrons. The summed E-state index contributed by atoms with van der Waals surface area (Å²) in [6, 6.07) is 0. The zero-order valence-electron chi connectivity index (χ0n) is 10.1. The van der Waals surface area contributed by atoms with Crippen LogP contribution in [0.4, 0.5) is 0 Å². The topological polar surface area (TPSA) is 54.2 Å². The van der Waals surface area contributed by atoms with E-state index in [-0.39, 0.29) is 0 Å². The average molecular weight is 224 g/mol. The maximum Gasteiger partial charge on any atom is 0.146 e. The molecule has 2 rings (SSSR count). The van der Waals surface area contributed by atoms with E-state index >= 15 is 0 Å². The van der Waals surface area contributed by atoms with Gasteiger partial charge in [0.05, 0.1) is 6.54 Å². The smallest absolute Gasteiger partial charge is 0.146 e. The summed E-state index contributed by atoms with van der Waals surface area (Å²) >= 11 is 0. The molecule has 0 aliphatic carbocycles. The van der Waals surface area contributed by atoms with Crippen molar-refractivity contribution >= 4 is 0 Å². The van der Waals surface area contributed by atoms with Gasteiger partial charge in [-0.3, -0.25) is 4.90 Å². The number of aliphatic hydroxyl groups is 1. The molecule has 1 fully saturated rings. The second-order valence-corrected chi connectivity index (χ2v) is 4.62. The van der Waals surface area contributed by atoms with Crippen LogP contribution in [0.2, 0.25) is 0 Å². The van der Waals surface area contributed by atoms with Crippen LogP contribution in [-0.4, -0.2) is 44.5 Å². The van der Waals surface area contributed by atoms with E-state index in [1.165, 1.54) is 6.42 Å². The van der Waals surface area contributed by atoms with Crippen LogP contribution >= 0.6 is 0 Å². The molecule has 1 atom stereocenters. The summed E-state index contributed by atoms with van der Waals surface area (Å²) in [7, 11) is 2.01. The highest BCUT2D eigenvalue weighted by atomic mass is 16.3. The van der Waals surface area contributed by atoms with Crippen molar-refractivity contribution < 1.29 is 5.11 Å². The quantitative estimate of drug-likeness (QED) is 0.800. The Morgan fingerprint density at radius 3 is 2.88 bits per heavy atom. The van der Waals surface area contributed by atoms with E-state index in [1.807, 2.05) is 18.5 Å². The van der Waals surface area contributed by atoms with E-state index in [1.54, 1.807) is 0 Å². The van der Waals surface area contributed by atoms with Gasteiger partial charge in [-0.2, -0.15) is 0 Å². The number of aryl methyl sites for hydroxylation is 1. The monoisotopic (exact) mass is 224 g/mol. The van der Waals surface area contributed by atoms with Crippen LogP contribution in [0, 0.1) is 12.8 Å². The third-order valence-corrected chi connectivity index (χ3v) is 3.46. The maximum atomic E-state index is 8.91. The Morgan fingerprint density at radius 1 is 1.44 bits per heavy atom. The van der Waals surface area contributed by atoms with Gasteiger partial charge in [-0.05, 0) is 32.2 Å². The molecule has 1 N–H and O–H groups in total. The molecule has 90 valence electrons. The van der Waals surface area contributed by atoms with Gasteiger partial charge in [-0.25, -0.2) is 0 Å². The lowest BCUT2D eigenvalue weighted by molar-refractivity contribution is 0.247. The zero-order chi connectivity index (χ0) is 11.5. The first-order valence-electron chi connectivity index (χ1n) is 5.88. The van der Waals surface area contributed by atoms with Crippen molar-refractivity contribution in [2.45, 2.75) is 26.3 Å². The molecule has 1 aliphatic rings. The Hall–Kier alpha value is -0.940. The standard InChI is InChI=1S/C11H20N4O/c1-9-12-13-11(14(9)2)8-15-5-3-10(7-15)4-6-16/h10,16H,3-8H2,1-2H3. The minimum absolute atomic E-state index is 0.307. The molecule has 5 nitrogen and oxygen atoms in total. The van der Waals surface area contributed by atoms with Crippen LogP contribution in [0.1, 0.15) is 24.5 Å². The van der Waals surface area contributed by atoms with Crippen LogP contribution in [0.3, 0.4) is 0 Å². The Kier molecular flexibility index (Phi) is 3.56. The number of likely N-dealkylation sites (tertiary alicyclic amines) is 1. The molecule has 1 aliphatic heterocycles. The SMILES string of the molecule is Cc1nnc(CN2CCC(CCO)C2)n1C. The Morgan fingerprint density at radius 2 is 2.25 bits per heavy atom. The van der Waals surface area contributed by atoms with Crippen molar-refractivity contribution in [1.29, 1.82) is 0 Å². The molecule has 1 unspecified atom stereocenters. The fourth-order valence-electron chi connectivity index (χ4n) is 2.26. The molecule has 2 heterocycles. The van der Waals surface area contributed by atoms with Crippen LogP contribution in [0.25, 0.3) is 0 Å². The first-order valence-corrected chi connectivity index (χ1v) is 5.88. The zero-order valence-corrected chi connectivity index (χ0v) is 10.1. The largest absolute Gasteiger partial charge is 0.396 e. The molecule has 0 amide bonds. The summed E-state index contributed by atoms with van der Waals surface area (Å²) in [5, 5.41) is 17.1. The van der Waals surface area contributed by atoms with Gasteiger partial charge in [0.15, 0.2) is 0 Å². The van der Waals surface area contributed by atoms with E-state index in [9.17, 15) is 0 Å². The molecule has 5 heteroatoms. The number of hydrogen-bond acceptors (Lipinski definition) is 4. The molecule has 1 aromatic heterocycles. The molecule has 1 saturated heterocycles. The molecule has 0 spiro atoms. The molecule has 16 heavy (non-hydrogen) atoms. The minimum atomic E-state index is 0.307. The third kappa shape index (κ3) is 2.41. The minimum Gasteiger partial charge on any atom is -0.396 e. The van der Waals surface area contributed by atoms with Gasteiger partial charge in [0.25, 0.3) is 0 Å². The Labute approximate surface area is 96.1 Å². The molecule has 0 aromatic carbocycles. The summed E-state index contributed by atoms with van der Waals surface area (Å²) < 4.78 is 2.04. The number of nitrogens with zero attached hydrogens (tertiary/aromatic N) is 4. The predicted molar refractivity (Wildman–Crippen MR) is 60.8 cm³/mol. The van der Waals surface area contributed by atoms with Crippen molar-refractivity contribution in [3.8, 4) is 0 Å². The Balaban J connectivity index is 1.89. The first-order chi connectivity index (χ1) is 7.70. The van der Waals surface area contributed by atoms with Crippen LogP contribution < -0.4 is 0 Å². The highest BCUT2D eigenvalue weighted by molar-refractivity contribution is 4.93. The van der Waals surface area contributed by atoms with Gasteiger partial charge < -0.3 is 9.67 Å². The van der Waals surface area contributed by atoms with Crippen molar-refractivity contribution in [3.05, 3.63) is 11.6 Å². The normalized spacial score (nSPS) is 21.8. The van der Waals surface area contributed by atoms with E-state index in [0.717, 1.165) is 37.7 Å². The van der Waals surface area contributed by atoms with E-state index in [0.29, 0.717) is 12.5 Å². The lowest BCUT2D eigenvalue weighted by atomic mass is 10.1. The second-order valence-electron chi connectivity index (χ2n) is 4.62. The van der Waals surface area contributed by atoms with Crippen LogP contribution in [-0.2, 0) is 13.6 Å². The van der Waals surface area contributed by atoms with Crippen LogP contribution in [0.5, 0.6) is 0 Å². The lowest BCUT2D eigenvalue weighted by Crippen LogP contribution is -2.22. The third-order valence-electron chi connectivity index (χ3n) is 3.46. The van der Waals surface area contributed by atoms with Crippen LogP contribution in [0.15, 0.2) is 0 Å². The van der Waals surface area contributed by atoms with E-state index < -0.39 is 0 Å². The second kappa shape index (κ2) is 4.93. The van der Waals surface area contributed by atoms with E-state index in [2.05, 4.69) is 15.1 Å². The predicted octanol–water partition coefficient (Wildman–Crippen LogP) is 0.328. The first kappa shape index (κ1) is 11.5. The summed E-state index contributed by atoms with van der Waals surface area (Å²) in [5.41, 5.74) is 0. The summed E-state index contributed by atoms with van der Waals surface area (Å²) in [6.07, 6.45) is 2.12. The highest BCUT2D eigenvalue weighted by Crippen LogP contribution is 2.20. The molecule has 0 bridgehead atoms. The van der Waals surface area contributed by atoms with Crippen molar-refractivity contribution in [3.63, 3.8) is 0 Å². The molecular weight excluding hydrogens is 204 g/mol. The summed E-state index contributed by atoms with van der Waals surface area (Å²) in [4.78, 5) is 2.39. The summed E-state index contributed by atoms with van der Waals surface area (Å²) in [5.74, 6) is 2.64. The van der Waals surface area contributed by atoms with Gasteiger partial charge >= 0.3 is 0 Å². The van der Waals surface area contributed by atoms with Gasteiger partial charge in [0, 0.05) is 20.2 Å². The fraction of sp³-hybridized carbons (Fsp3) is 0.818. The summed E-state index contributed by atoms with van der Waals surface area (Å²) in [6.45, 7) is 5.33. The number of rotatable bonds is 4. The van der Waals surface area contributed by atoms with Gasteiger partial charge in [0.1, 0.15) is 11.6 Å². The number of aliphatic hydroxyl groups excluding tert-OH is 1. The maximum absolute atomic E-state index is 8.91. The van der Waals surface area contributed by atoms with Gasteiger partial charge in [-0.1, -0.05) is 0 Å². The number of aromatic nitrogens is 3. The van der Waals surface area contributed by atoms with Crippen molar-refractivity contribution in [2.24, 2.45) is 13.0 Å². The molecule has 0 saturated carbocycles. The molecule has 1 aromatic rings.